The Morgan fingerprint density at radius 2 is 2.50 bits per heavy atom. The van der Waals surface area contributed by atoms with Crippen molar-refractivity contribution in [3.8, 4) is 0 Å². The first-order valence-electron chi connectivity index (χ1n) is 3.40. The van der Waals surface area contributed by atoms with Crippen molar-refractivity contribution < 1.29 is 9.90 Å². The zero-order chi connectivity index (χ0) is 7.56. The second kappa shape index (κ2) is 2.98. The molecule has 4 heteroatoms. The highest BCUT2D eigenvalue weighted by molar-refractivity contribution is 5.73. The molecule has 1 aliphatic rings. The Morgan fingerprint density at radius 1 is 1.80 bits per heavy atom. The van der Waals surface area contributed by atoms with Gasteiger partial charge in [-0.25, -0.2) is 0 Å². The van der Waals surface area contributed by atoms with Crippen LogP contribution in [0.3, 0.4) is 0 Å². The molecule has 0 aliphatic carbocycles. The van der Waals surface area contributed by atoms with Gasteiger partial charge < -0.3 is 16.2 Å². The topological polar surface area (TPSA) is 75.3 Å². The van der Waals surface area contributed by atoms with Crippen LogP contribution < -0.4 is 11.1 Å². The molecule has 1 fully saturated rings. The SMILES string of the molecule is NCC1CNC(C(=O)O)C1. The minimum Gasteiger partial charge on any atom is -0.480 e. The van der Waals surface area contributed by atoms with E-state index in [1.165, 1.54) is 0 Å². The van der Waals surface area contributed by atoms with Gasteiger partial charge in [-0.15, -0.1) is 0 Å². The molecule has 1 aliphatic heterocycles. The molecule has 4 N–H and O–H groups in total. The number of nitrogens with two attached hydrogens (primary N) is 1. The summed E-state index contributed by atoms with van der Waals surface area (Å²) in [7, 11) is 0. The van der Waals surface area contributed by atoms with Crippen LogP contribution in [0.2, 0.25) is 0 Å². The van der Waals surface area contributed by atoms with Crippen molar-refractivity contribution in [2.45, 2.75) is 12.5 Å². The molecule has 2 unspecified atom stereocenters. The number of carboxylic acid groups (broad SMARTS) is 1. The zero-order valence-electron chi connectivity index (χ0n) is 5.71. The fourth-order valence-corrected chi connectivity index (χ4v) is 1.18. The van der Waals surface area contributed by atoms with Gasteiger partial charge in [0, 0.05) is 6.54 Å². The Morgan fingerprint density at radius 3 is 2.80 bits per heavy atom. The zero-order valence-corrected chi connectivity index (χ0v) is 5.71. The van der Waals surface area contributed by atoms with Crippen molar-refractivity contribution in [2.24, 2.45) is 11.7 Å². The van der Waals surface area contributed by atoms with E-state index in [9.17, 15) is 4.79 Å². The van der Waals surface area contributed by atoms with E-state index in [-0.39, 0.29) is 6.04 Å². The van der Waals surface area contributed by atoms with Gasteiger partial charge in [-0.05, 0) is 18.9 Å². The molecule has 0 bridgehead atoms. The van der Waals surface area contributed by atoms with E-state index in [0.717, 1.165) is 6.54 Å². The third-order valence-corrected chi connectivity index (χ3v) is 1.85. The van der Waals surface area contributed by atoms with E-state index in [4.69, 9.17) is 10.8 Å². The lowest BCUT2D eigenvalue weighted by molar-refractivity contribution is -0.139. The lowest BCUT2D eigenvalue weighted by atomic mass is 10.1. The van der Waals surface area contributed by atoms with E-state index >= 15 is 0 Å². The number of aliphatic carboxylic acids is 1. The van der Waals surface area contributed by atoms with E-state index in [2.05, 4.69) is 5.32 Å². The summed E-state index contributed by atoms with van der Waals surface area (Å²) in [4.78, 5) is 10.4. The summed E-state index contributed by atoms with van der Waals surface area (Å²) in [5.41, 5.74) is 5.36. The first kappa shape index (κ1) is 7.50. The maximum absolute atomic E-state index is 10.4. The first-order valence-corrected chi connectivity index (χ1v) is 3.40. The van der Waals surface area contributed by atoms with Crippen LogP contribution >= 0.6 is 0 Å². The third-order valence-electron chi connectivity index (χ3n) is 1.85. The number of carbonyl (C=O) groups is 1. The van der Waals surface area contributed by atoms with Crippen molar-refractivity contribution >= 4 is 5.97 Å². The summed E-state index contributed by atoms with van der Waals surface area (Å²) in [6, 6.07) is -0.367. The maximum Gasteiger partial charge on any atom is 0.320 e. The van der Waals surface area contributed by atoms with Gasteiger partial charge in [-0.3, -0.25) is 4.79 Å². The number of hydrogen-bond acceptors (Lipinski definition) is 3. The van der Waals surface area contributed by atoms with Crippen LogP contribution in [0.15, 0.2) is 0 Å². The summed E-state index contributed by atoms with van der Waals surface area (Å²) in [6.07, 6.45) is 0.672. The highest BCUT2D eigenvalue weighted by Crippen LogP contribution is 2.11. The van der Waals surface area contributed by atoms with Crippen LogP contribution in [-0.2, 0) is 4.79 Å². The van der Waals surface area contributed by atoms with E-state index in [1.54, 1.807) is 0 Å². The lowest BCUT2D eigenvalue weighted by Crippen LogP contribution is -2.29. The molecule has 0 spiro atoms. The quantitative estimate of drug-likeness (QED) is 0.465. The molecule has 0 amide bonds. The lowest BCUT2D eigenvalue weighted by Gasteiger charge is -2.02. The Kier molecular flexibility index (Phi) is 2.24. The minimum atomic E-state index is -0.768. The second-order valence-corrected chi connectivity index (χ2v) is 2.64. The smallest absolute Gasteiger partial charge is 0.320 e. The van der Waals surface area contributed by atoms with Gasteiger partial charge in [-0.1, -0.05) is 0 Å². The summed E-state index contributed by atoms with van der Waals surface area (Å²) in [5.74, 6) is -0.419. The molecule has 0 aromatic rings. The molecule has 1 heterocycles. The number of nitrogens with one attached hydrogen (secondary N) is 1. The normalized spacial score (nSPS) is 32.5. The summed E-state index contributed by atoms with van der Waals surface area (Å²) in [5, 5.41) is 11.4. The Balaban J connectivity index is 2.35. The van der Waals surface area contributed by atoms with Crippen molar-refractivity contribution in [3.63, 3.8) is 0 Å². The fourth-order valence-electron chi connectivity index (χ4n) is 1.18. The fraction of sp³-hybridized carbons (Fsp3) is 0.833. The standard InChI is InChI=1S/C6H12N2O2/c7-2-4-1-5(6(9)10)8-3-4/h4-5,8H,1-3,7H2,(H,9,10). The highest BCUT2D eigenvalue weighted by atomic mass is 16.4. The van der Waals surface area contributed by atoms with Crippen LogP contribution in [0.5, 0.6) is 0 Å². The Bertz CT molecular complexity index is 138. The van der Waals surface area contributed by atoms with Gasteiger partial charge in [0.1, 0.15) is 6.04 Å². The van der Waals surface area contributed by atoms with Crippen molar-refractivity contribution in [1.82, 2.24) is 5.32 Å². The van der Waals surface area contributed by atoms with Gasteiger partial charge in [0.15, 0.2) is 0 Å². The van der Waals surface area contributed by atoms with Crippen LogP contribution in [0.25, 0.3) is 0 Å². The molecule has 58 valence electrons. The van der Waals surface area contributed by atoms with E-state index < -0.39 is 5.97 Å². The highest BCUT2D eigenvalue weighted by Gasteiger charge is 2.27. The Labute approximate surface area is 59.4 Å². The molecular weight excluding hydrogens is 132 g/mol. The van der Waals surface area contributed by atoms with Crippen LogP contribution in [0.1, 0.15) is 6.42 Å². The summed E-state index contributed by atoms with van der Waals surface area (Å²) in [6.45, 7) is 1.32. The predicted molar refractivity (Wildman–Crippen MR) is 36.6 cm³/mol. The van der Waals surface area contributed by atoms with E-state index in [0.29, 0.717) is 18.9 Å². The third kappa shape index (κ3) is 1.46. The van der Waals surface area contributed by atoms with Crippen LogP contribution in [0.4, 0.5) is 0 Å². The van der Waals surface area contributed by atoms with E-state index in [1.807, 2.05) is 0 Å². The summed E-state index contributed by atoms with van der Waals surface area (Å²) >= 11 is 0. The number of rotatable bonds is 2. The Hall–Kier alpha value is -0.610. The molecule has 0 saturated carbocycles. The minimum absolute atomic E-state index is 0.348. The molecule has 1 rings (SSSR count). The first-order chi connectivity index (χ1) is 4.74. The second-order valence-electron chi connectivity index (χ2n) is 2.64. The average molecular weight is 144 g/mol. The number of carboxylic acids is 1. The molecule has 1 saturated heterocycles. The van der Waals surface area contributed by atoms with Crippen molar-refractivity contribution in [2.75, 3.05) is 13.1 Å². The molecule has 0 aromatic carbocycles. The van der Waals surface area contributed by atoms with Crippen LogP contribution in [-0.4, -0.2) is 30.2 Å². The molecular formula is C6H12N2O2. The van der Waals surface area contributed by atoms with Gasteiger partial charge in [0.2, 0.25) is 0 Å². The summed E-state index contributed by atoms with van der Waals surface area (Å²) < 4.78 is 0. The van der Waals surface area contributed by atoms with Crippen molar-refractivity contribution in [3.05, 3.63) is 0 Å². The molecule has 10 heavy (non-hydrogen) atoms. The van der Waals surface area contributed by atoms with Gasteiger partial charge in [0.25, 0.3) is 0 Å². The largest absolute Gasteiger partial charge is 0.480 e. The van der Waals surface area contributed by atoms with Gasteiger partial charge in [-0.2, -0.15) is 0 Å². The van der Waals surface area contributed by atoms with Gasteiger partial charge in [0.05, 0.1) is 0 Å². The predicted octanol–water partition coefficient (Wildman–Crippen LogP) is -0.992. The van der Waals surface area contributed by atoms with Gasteiger partial charge >= 0.3 is 5.97 Å². The molecule has 0 aromatic heterocycles. The average Bonchev–Trinajstić information content (AvgIpc) is 2.34. The molecule has 2 atom stereocenters. The molecule has 4 nitrogen and oxygen atoms in total. The number of hydrogen-bond donors (Lipinski definition) is 3. The van der Waals surface area contributed by atoms with Crippen LogP contribution in [0, 0.1) is 5.92 Å². The maximum atomic E-state index is 10.4. The van der Waals surface area contributed by atoms with Crippen molar-refractivity contribution in [1.29, 1.82) is 0 Å². The monoisotopic (exact) mass is 144 g/mol. The molecule has 0 radical (unpaired) electrons.